The number of nitrogens with one attached hydrogen (secondary N) is 2. The van der Waals surface area contributed by atoms with Crippen molar-refractivity contribution in [2.75, 3.05) is 11.3 Å². The predicted molar refractivity (Wildman–Crippen MR) is 115 cm³/mol. The average Bonchev–Trinajstić information content (AvgIpc) is 2.78. The molecule has 2 aromatic carbocycles. The molecule has 3 rings (SSSR count). The first-order valence-electron chi connectivity index (χ1n) is 9.50. The van der Waals surface area contributed by atoms with Gasteiger partial charge >= 0.3 is 5.76 Å². The lowest BCUT2D eigenvalue weighted by Crippen LogP contribution is -2.23. The Balaban J connectivity index is 1.69. The lowest BCUT2D eigenvalue weighted by molar-refractivity contribution is 0.0951. The number of anilines is 1. The zero-order chi connectivity index (χ0) is 23.1. The second kappa shape index (κ2) is 10.1. The van der Waals surface area contributed by atoms with Crippen molar-refractivity contribution in [2.24, 2.45) is 0 Å². The number of sulfonamides is 1. The Morgan fingerprint density at radius 2 is 1.91 bits per heavy atom. The quantitative estimate of drug-likeness (QED) is 0.504. The number of carbonyl (C=O) groups excluding carboxylic acids is 1. The highest BCUT2D eigenvalue weighted by Gasteiger charge is 2.23. The third-order valence-electron chi connectivity index (χ3n) is 4.20. The number of halogens is 2. The monoisotopic (exact) mass is 462 g/mol. The summed E-state index contributed by atoms with van der Waals surface area (Å²) in [6.45, 7) is 2.35. The number of rotatable bonds is 9. The van der Waals surface area contributed by atoms with Crippen molar-refractivity contribution < 1.29 is 26.7 Å². The molecule has 0 unspecified atom stereocenters. The van der Waals surface area contributed by atoms with Crippen molar-refractivity contribution in [2.45, 2.75) is 19.2 Å². The van der Waals surface area contributed by atoms with E-state index in [9.17, 15) is 22.0 Å². The Kier molecular flexibility index (Phi) is 7.31. The van der Waals surface area contributed by atoms with Crippen LogP contribution in [0.4, 0.5) is 14.5 Å². The van der Waals surface area contributed by atoms with Crippen LogP contribution in [0.25, 0.3) is 11.3 Å². The number of benzene rings is 2. The van der Waals surface area contributed by atoms with Gasteiger partial charge in [-0.05, 0) is 36.8 Å². The molecule has 0 aliphatic rings. The van der Waals surface area contributed by atoms with Crippen LogP contribution in [-0.4, -0.2) is 36.7 Å². The molecule has 0 atom stereocenters. The van der Waals surface area contributed by atoms with Gasteiger partial charge in [0.25, 0.3) is 15.9 Å². The minimum absolute atomic E-state index is 0.0215. The van der Waals surface area contributed by atoms with Crippen LogP contribution in [0, 0.1) is 0 Å². The molecule has 0 saturated carbocycles. The number of ether oxygens (including phenoxy) is 1. The number of aromatic nitrogens is 2. The number of amides is 1. The van der Waals surface area contributed by atoms with Crippen LogP contribution in [0.5, 0.6) is 5.88 Å². The summed E-state index contributed by atoms with van der Waals surface area (Å²) in [5.41, 5.74) is 2.10. The fraction of sp³-hybridized carbons (Fsp3) is 0.190. The molecule has 0 bridgehead atoms. The van der Waals surface area contributed by atoms with Gasteiger partial charge in [-0.15, -0.1) is 0 Å². The Hall–Kier alpha value is -3.60. The van der Waals surface area contributed by atoms with Gasteiger partial charge in [-0.1, -0.05) is 24.3 Å². The summed E-state index contributed by atoms with van der Waals surface area (Å²) in [7, 11) is -4.77. The molecule has 3 aromatic rings. The third kappa shape index (κ3) is 5.97. The fourth-order valence-corrected chi connectivity index (χ4v) is 3.31. The second-order valence-electron chi connectivity index (χ2n) is 6.55. The van der Waals surface area contributed by atoms with E-state index in [1.165, 1.54) is 24.4 Å². The topological polar surface area (TPSA) is 110 Å². The Bertz CT molecular complexity index is 1210. The lowest BCUT2D eigenvalue weighted by Gasteiger charge is -2.10. The van der Waals surface area contributed by atoms with Crippen molar-refractivity contribution in [1.82, 2.24) is 15.3 Å². The van der Waals surface area contributed by atoms with Crippen LogP contribution in [0.3, 0.4) is 0 Å². The van der Waals surface area contributed by atoms with E-state index in [4.69, 9.17) is 4.74 Å². The van der Waals surface area contributed by atoms with Gasteiger partial charge < -0.3 is 10.1 Å². The maximum atomic E-state index is 12.6. The summed E-state index contributed by atoms with van der Waals surface area (Å²) in [5.74, 6) is -3.54. The standard InChI is InChI=1S/C21H20F2N4O4S/c1-2-31-19-13-24-12-18(26-19)15-6-4-7-16(10-15)20(28)25-11-14-5-3-8-17(9-14)27-32(29,30)21(22)23/h3-10,12-13,21,27H,2,11H2,1H3,(H,25,28). The first-order valence-corrected chi connectivity index (χ1v) is 11.1. The smallest absolute Gasteiger partial charge is 0.355 e. The highest BCUT2D eigenvalue weighted by molar-refractivity contribution is 7.93. The zero-order valence-corrected chi connectivity index (χ0v) is 17.8. The summed E-state index contributed by atoms with van der Waals surface area (Å²) in [5, 5.41) is 2.71. The summed E-state index contributed by atoms with van der Waals surface area (Å²) in [6.07, 6.45) is 3.06. The van der Waals surface area contributed by atoms with E-state index in [1.54, 1.807) is 41.3 Å². The number of carbonyl (C=O) groups is 1. The summed E-state index contributed by atoms with van der Waals surface area (Å²) in [4.78, 5) is 21.0. The number of alkyl halides is 2. The van der Waals surface area contributed by atoms with Gasteiger partial charge in [0.15, 0.2) is 0 Å². The zero-order valence-electron chi connectivity index (χ0n) is 17.0. The Morgan fingerprint density at radius 1 is 1.12 bits per heavy atom. The van der Waals surface area contributed by atoms with E-state index in [0.717, 1.165) is 0 Å². The molecule has 0 radical (unpaired) electrons. The van der Waals surface area contributed by atoms with Gasteiger partial charge in [0, 0.05) is 23.4 Å². The van der Waals surface area contributed by atoms with Crippen LogP contribution in [0.2, 0.25) is 0 Å². The van der Waals surface area contributed by atoms with Gasteiger partial charge in [0.1, 0.15) is 0 Å². The van der Waals surface area contributed by atoms with Crippen LogP contribution < -0.4 is 14.8 Å². The SMILES string of the molecule is CCOc1cncc(-c2cccc(C(=O)NCc3cccc(NS(=O)(=O)C(F)F)c3)c2)n1. The van der Waals surface area contributed by atoms with Crippen LogP contribution >= 0.6 is 0 Å². The molecular formula is C21H20F2N4O4S. The minimum Gasteiger partial charge on any atom is -0.477 e. The van der Waals surface area contributed by atoms with Gasteiger partial charge in [0.05, 0.1) is 24.7 Å². The predicted octanol–water partition coefficient (Wildman–Crippen LogP) is 3.44. The Labute approximate surface area is 183 Å². The second-order valence-corrected chi connectivity index (χ2v) is 8.20. The molecule has 0 fully saturated rings. The maximum Gasteiger partial charge on any atom is 0.355 e. The molecule has 8 nitrogen and oxygen atoms in total. The van der Waals surface area contributed by atoms with Crippen LogP contribution in [0.15, 0.2) is 60.9 Å². The van der Waals surface area contributed by atoms with E-state index >= 15 is 0 Å². The summed E-state index contributed by atoms with van der Waals surface area (Å²) >= 11 is 0. The number of hydrogen-bond donors (Lipinski definition) is 2. The van der Waals surface area contributed by atoms with Crippen LogP contribution in [0.1, 0.15) is 22.8 Å². The van der Waals surface area contributed by atoms with Gasteiger partial charge in [-0.25, -0.2) is 13.4 Å². The van der Waals surface area contributed by atoms with Gasteiger partial charge in [0.2, 0.25) is 5.88 Å². The Morgan fingerprint density at radius 3 is 2.66 bits per heavy atom. The molecule has 168 valence electrons. The van der Waals surface area contributed by atoms with Crippen molar-refractivity contribution >= 4 is 21.6 Å². The van der Waals surface area contributed by atoms with Crippen molar-refractivity contribution in [3.05, 3.63) is 72.1 Å². The van der Waals surface area contributed by atoms with Crippen molar-refractivity contribution in [1.29, 1.82) is 0 Å². The minimum atomic E-state index is -4.77. The summed E-state index contributed by atoms with van der Waals surface area (Å²) in [6, 6.07) is 12.6. The normalized spacial score (nSPS) is 11.2. The highest BCUT2D eigenvalue weighted by atomic mass is 32.2. The molecule has 0 spiro atoms. The molecule has 0 saturated heterocycles. The fourth-order valence-electron chi connectivity index (χ4n) is 2.76. The maximum absolute atomic E-state index is 12.6. The third-order valence-corrected chi connectivity index (χ3v) is 5.19. The van der Waals surface area contributed by atoms with Gasteiger partial charge in [-0.2, -0.15) is 8.78 Å². The molecular weight excluding hydrogens is 442 g/mol. The lowest BCUT2D eigenvalue weighted by atomic mass is 10.1. The van der Waals surface area contributed by atoms with E-state index in [-0.39, 0.29) is 18.1 Å². The van der Waals surface area contributed by atoms with Gasteiger partial charge in [-0.3, -0.25) is 14.5 Å². The molecule has 11 heteroatoms. The molecule has 2 N–H and O–H groups in total. The molecule has 1 amide bonds. The molecule has 32 heavy (non-hydrogen) atoms. The molecule has 1 aromatic heterocycles. The average molecular weight is 462 g/mol. The molecule has 0 aliphatic heterocycles. The van der Waals surface area contributed by atoms with E-state index < -0.39 is 15.8 Å². The van der Waals surface area contributed by atoms with Crippen LogP contribution in [-0.2, 0) is 16.6 Å². The van der Waals surface area contributed by atoms with Crippen molar-refractivity contribution in [3.8, 4) is 17.1 Å². The van der Waals surface area contributed by atoms with Crippen molar-refractivity contribution in [3.63, 3.8) is 0 Å². The number of hydrogen-bond acceptors (Lipinski definition) is 6. The molecule has 0 aliphatic carbocycles. The molecule has 1 heterocycles. The highest BCUT2D eigenvalue weighted by Crippen LogP contribution is 2.20. The first-order chi connectivity index (χ1) is 15.3. The number of nitrogens with zero attached hydrogens (tertiary/aromatic N) is 2. The first kappa shape index (κ1) is 23.1. The van der Waals surface area contributed by atoms with E-state index in [1.807, 2.05) is 6.92 Å². The summed E-state index contributed by atoms with van der Waals surface area (Å²) < 4.78 is 54.9. The van der Waals surface area contributed by atoms with E-state index in [2.05, 4.69) is 15.3 Å². The van der Waals surface area contributed by atoms with E-state index in [0.29, 0.717) is 34.9 Å². The largest absolute Gasteiger partial charge is 0.477 e.